The molecule has 106 valence electrons. The molecule has 3 nitrogen and oxygen atoms in total. The zero-order valence-electron chi connectivity index (χ0n) is 11.1. The van der Waals surface area contributed by atoms with E-state index in [0.29, 0.717) is 6.42 Å². The summed E-state index contributed by atoms with van der Waals surface area (Å²) in [6, 6.07) is 12.4. The second-order valence-corrected chi connectivity index (χ2v) is 6.80. The van der Waals surface area contributed by atoms with Crippen molar-refractivity contribution in [1.82, 2.24) is 0 Å². The quantitative estimate of drug-likeness (QED) is 0.942. The first-order valence-corrected chi connectivity index (χ1v) is 8.05. The van der Waals surface area contributed by atoms with Crippen molar-refractivity contribution in [2.45, 2.75) is 17.4 Å². The minimum Gasteiger partial charge on any atom is -0.324 e. The number of halogens is 1. The molecule has 0 amide bonds. The molecule has 2 rings (SSSR count). The van der Waals surface area contributed by atoms with E-state index in [2.05, 4.69) is 0 Å². The Hall–Kier alpha value is -1.72. The Balaban J connectivity index is 2.23. The van der Waals surface area contributed by atoms with Crippen molar-refractivity contribution >= 4 is 9.84 Å². The van der Waals surface area contributed by atoms with E-state index in [4.69, 9.17) is 5.73 Å². The van der Waals surface area contributed by atoms with Gasteiger partial charge in [-0.3, -0.25) is 0 Å². The molecule has 1 unspecified atom stereocenters. The first-order chi connectivity index (χ1) is 9.36. The predicted octanol–water partition coefficient (Wildman–Crippen LogP) is 2.47. The average Bonchev–Trinajstić information content (AvgIpc) is 2.38. The smallest absolute Gasteiger partial charge is 0.175 e. The summed E-state index contributed by atoms with van der Waals surface area (Å²) in [5.74, 6) is -0.306. The average molecular weight is 293 g/mol. The number of sulfone groups is 1. The SMILES string of the molecule is CS(=O)(=O)c1cccc(C(N)Cc2cccc(F)c2)c1. The zero-order chi connectivity index (χ0) is 14.8. The summed E-state index contributed by atoms with van der Waals surface area (Å²) in [5, 5.41) is 0. The Morgan fingerprint density at radius 2 is 1.85 bits per heavy atom. The van der Waals surface area contributed by atoms with E-state index < -0.39 is 9.84 Å². The summed E-state index contributed by atoms with van der Waals surface area (Å²) < 4.78 is 36.2. The zero-order valence-corrected chi connectivity index (χ0v) is 11.9. The fraction of sp³-hybridized carbons (Fsp3) is 0.200. The molecule has 0 heterocycles. The van der Waals surface area contributed by atoms with Crippen molar-refractivity contribution < 1.29 is 12.8 Å². The van der Waals surface area contributed by atoms with Crippen molar-refractivity contribution in [3.05, 3.63) is 65.5 Å². The molecule has 0 saturated carbocycles. The van der Waals surface area contributed by atoms with Crippen molar-refractivity contribution in [3.8, 4) is 0 Å². The molecular weight excluding hydrogens is 277 g/mol. The first-order valence-electron chi connectivity index (χ1n) is 6.16. The minimum absolute atomic E-state index is 0.240. The van der Waals surface area contributed by atoms with Crippen molar-refractivity contribution in [1.29, 1.82) is 0 Å². The van der Waals surface area contributed by atoms with Crippen LogP contribution in [0, 0.1) is 5.82 Å². The maximum absolute atomic E-state index is 13.1. The second-order valence-electron chi connectivity index (χ2n) is 4.79. The summed E-state index contributed by atoms with van der Waals surface area (Å²) in [5.41, 5.74) is 7.57. The Morgan fingerprint density at radius 1 is 1.15 bits per heavy atom. The second kappa shape index (κ2) is 5.73. The van der Waals surface area contributed by atoms with Gasteiger partial charge >= 0.3 is 0 Å². The van der Waals surface area contributed by atoms with Crippen LogP contribution in [0.5, 0.6) is 0 Å². The molecule has 0 aliphatic heterocycles. The highest BCUT2D eigenvalue weighted by molar-refractivity contribution is 7.90. The summed E-state index contributed by atoms with van der Waals surface area (Å²) in [4.78, 5) is 0.240. The van der Waals surface area contributed by atoms with Crippen LogP contribution in [0.25, 0.3) is 0 Å². The number of rotatable bonds is 4. The third kappa shape index (κ3) is 3.65. The van der Waals surface area contributed by atoms with Crippen LogP contribution in [-0.2, 0) is 16.3 Å². The van der Waals surface area contributed by atoms with Gasteiger partial charge in [0.1, 0.15) is 5.82 Å². The standard InChI is InChI=1S/C15H16FNO2S/c1-20(18,19)14-7-3-5-12(10-14)15(17)9-11-4-2-6-13(16)8-11/h2-8,10,15H,9,17H2,1H3. The Morgan fingerprint density at radius 3 is 2.50 bits per heavy atom. The maximum Gasteiger partial charge on any atom is 0.175 e. The van der Waals surface area contributed by atoms with E-state index in [-0.39, 0.29) is 16.8 Å². The lowest BCUT2D eigenvalue weighted by Gasteiger charge is -2.13. The fourth-order valence-electron chi connectivity index (χ4n) is 2.01. The highest BCUT2D eigenvalue weighted by Gasteiger charge is 2.12. The van der Waals surface area contributed by atoms with Gasteiger partial charge in [-0.05, 0) is 41.8 Å². The van der Waals surface area contributed by atoms with E-state index >= 15 is 0 Å². The third-order valence-corrected chi connectivity index (χ3v) is 4.17. The van der Waals surface area contributed by atoms with Gasteiger partial charge in [-0.2, -0.15) is 0 Å². The summed E-state index contributed by atoms with van der Waals surface area (Å²) in [6.07, 6.45) is 1.61. The molecule has 0 radical (unpaired) electrons. The topological polar surface area (TPSA) is 60.2 Å². The van der Waals surface area contributed by atoms with Gasteiger partial charge in [0.05, 0.1) is 4.90 Å². The van der Waals surface area contributed by atoms with Crippen LogP contribution in [0.2, 0.25) is 0 Å². The lowest BCUT2D eigenvalue weighted by Crippen LogP contribution is -2.14. The van der Waals surface area contributed by atoms with Gasteiger partial charge in [0, 0.05) is 12.3 Å². The monoisotopic (exact) mass is 293 g/mol. The third-order valence-electron chi connectivity index (χ3n) is 3.06. The molecule has 20 heavy (non-hydrogen) atoms. The van der Waals surface area contributed by atoms with E-state index in [1.807, 2.05) is 0 Å². The van der Waals surface area contributed by atoms with Crippen molar-refractivity contribution in [2.75, 3.05) is 6.26 Å². The molecule has 0 fully saturated rings. The molecule has 2 aromatic rings. The summed E-state index contributed by atoms with van der Waals surface area (Å²) in [6.45, 7) is 0. The number of hydrogen-bond donors (Lipinski definition) is 1. The van der Waals surface area contributed by atoms with E-state index in [9.17, 15) is 12.8 Å². The van der Waals surface area contributed by atoms with Gasteiger partial charge in [-0.1, -0.05) is 24.3 Å². The molecule has 0 aromatic heterocycles. The normalized spacial score (nSPS) is 13.2. The Kier molecular flexibility index (Phi) is 4.20. The van der Waals surface area contributed by atoms with E-state index in [1.165, 1.54) is 18.2 Å². The first kappa shape index (κ1) is 14.7. The number of benzene rings is 2. The lowest BCUT2D eigenvalue weighted by atomic mass is 10.00. The summed E-state index contributed by atoms with van der Waals surface area (Å²) >= 11 is 0. The number of nitrogens with two attached hydrogens (primary N) is 1. The van der Waals surface area contributed by atoms with Gasteiger partial charge in [-0.15, -0.1) is 0 Å². The van der Waals surface area contributed by atoms with Gasteiger partial charge in [-0.25, -0.2) is 12.8 Å². The van der Waals surface area contributed by atoms with Crippen LogP contribution < -0.4 is 5.73 Å². The van der Waals surface area contributed by atoms with Crippen molar-refractivity contribution in [2.24, 2.45) is 5.73 Å². The molecule has 0 spiro atoms. The molecular formula is C15H16FNO2S. The van der Waals surface area contributed by atoms with Crippen LogP contribution in [0.1, 0.15) is 17.2 Å². The largest absolute Gasteiger partial charge is 0.324 e. The fourth-order valence-corrected chi connectivity index (χ4v) is 2.69. The predicted molar refractivity (Wildman–Crippen MR) is 76.6 cm³/mol. The molecule has 0 bridgehead atoms. The minimum atomic E-state index is -3.25. The van der Waals surface area contributed by atoms with Crippen molar-refractivity contribution in [3.63, 3.8) is 0 Å². The van der Waals surface area contributed by atoms with Gasteiger partial charge < -0.3 is 5.73 Å². The highest BCUT2D eigenvalue weighted by atomic mass is 32.2. The van der Waals surface area contributed by atoms with Gasteiger partial charge in [0.25, 0.3) is 0 Å². The lowest BCUT2D eigenvalue weighted by molar-refractivity contribution is 0.601. The highest BCUT2D eigenvalue weighted by Crippen LogP contribution is 2.20. The van der Waals surface area contributed by atoms with Gasteiger partial charge in [0.15, 0.2) is 9.84 Å². The molecule has 0 aliphatic carbocycles. The molecule has 0 aliphatic rings. The summed E-state index contributed by atoms with van der Waals surface area (Å²) in [7, 11) is -3.25. The molecule has 5 heteroatoms. The van der Waals surface area contributed by atoms with Crippen LogP contribution in [0.4, 0.5) is 4.39 Å². The van der Waals surface area contributed by atoms with Crippen LogP contribution >= 0.6 is 0 Å². The van der Waals surface area contributed by atoms with Crippen LogP contribution in [0.15, 0.2) is 53.4 Å². The molecule has 2 N–H and O–H groups in total. The molecule has 0 saturated heterocycles. The number of hydrogen-bond acceptors (Lipinski definition) is 3. The Labute approximate surface area is 118 Å². The maximum atomic E-state index is 13.1. The van der Waals surface area contributed by atoms with Crippen LogP contribution in [0.3, 0.4) is 0 Å². The van der Waals surface area contributed by atoms with Crippen LogP contribution in [-0.4, -0.2) is 14.7 Å². The van der Waals surface area contributed by atoms with Gasteiger partial charge in [0.2, 0.25) is 0 Å². The molecule has 2 aromatic carbocycles. The van der Waals surface area contributed by atoms with E-state index in [0.717, 1.165) is 17.4 Å². The molecule has 1 atom stereocenters. The van der Waals surface area contributed by atoms with E-state index in [1.54, 1.807) is 30.3 Å². The Bertz CT molecular complexity index is 713.